The van der Waals surface area contributed by atoms with Crippen LogP contribution < -0.4 is 5.73 Å². The minimum absolute atomic E-state index is 0.276. The minimum Gasteiger partial charge on any atom is -0.329 e. The van der Waals surface area contributed by atoms with E-state index in [0.29, 0.717) is 6.54 Å². The van der Waals surface area contributed by atoms with Crippen LogP contribution >= 0.6 is 0 Å². The van der Waals surface area contributed by atoms with Gasteiger partial charge in [0.05, 0.1) is 0 Å². The number of rotatable bonds is 7. The van der Waals surface area contributed by atoms with Gasteiger partial charge in [-0.25, -0.2) is 0 Å². The lowest BCUT2D eigenvalue weighted by Gasteiger charge is -2.27. The predicted octanol–water partition coefficient (Wildman–Crippen LogP) is 2.82. The molecule has 2 N–H and O–H groups in total. The molecule has 2 rings (SSSR count). The molecule has 1 aromatic heterocycles. The highest BCUT2D eigenvalue weighted by molar-refractivity contribution is 5.25. The van der Waals surface area contributed by atoms with Crippen LogP contribution in [-0.4, -0.2) is 30.0 Å². The molecule has 0 amide bonds. The van der Waals surface area contributed by atoms with Crippen LogP contribution in [0.3, 0.4) is 0 Å². The molecule has 0 bridgehead atoms. The fourth-order valence-corrected chi connectivity index (χ4v) is 2.56. The molecule has 0 saturated carbocycles. The first kappa shape index (κ1) is 15.7. The van der Waals surface area contributed by atoms with Gasteiger partial charge in [-0.05, 0) is 48.7 Å². The number of likely N-dealkylation sites (N-methyl/N-ethyl adjacent to an activating group) is 1. The lowest BCUT2D eigenvalue weighted by Crippen LogP contribution is -2.32. The molecular weight excluding hydrogens is 258 g/mol. The summed E-state index contributed by atoms with van der Waals surface area (Å²) < 4.78 is 0. The number of hydrogen-bond acceptors (Lipinski definition) is 3. The van der Waals surface area contributed by atoms with E-state index in [1.165, 1.54) is 16.7 Å². The zero-order valence-electron chi connectivity index (χ0n) is 13.0. The molecule has 0 aliphatic carbocycles. The summed E-state index contributed by atoms with van der Waals surface area (Å²) in [5.41, 5.74) is 9.97. The van der Waals surface area contributed by atoms with Crippen molar-refractivity contribution in [3.63, 3.8) is 0 Å². The van der Waals surface area contributed by atoms with Gasteiger partial charge in [-0.2, -0.15) is 0 Å². The van der Waals surface area contributed by atoms with Crippen LogP contribution in [0.1, 0.15) is 29.7 Å². The van der Waals surface area contributed by atoms with E-state index in [0.717, 1.165) is 19.4 Å². The van der Waals surface area contributed by atoms with Crippen LogP contribution in [0.5, 0.6) is 0 Å². The first-order valence-electron chi connectivity index (χ1n) is 7.62. The summed E-state index contributed by atoms with van der Waals surface area (Å²) in [6.45, 7) is 3.80. The van der Waals surface area contributed by atoms with E-state index in [9.17, 15) is 0 Å². The third-order valence-corrected chi connectivity index (χ3v) is 4.03. The summed E-state index contributed by atoms with van der Waals surface area (Å²) in [5, 5.41) is 0. The smallest absolute Gasteiger partial charge is 0.0467 e. The Morgan fingerprint density at radius 2 is 1.71 bits per heavy atom. The largest absolute Gasteiger partial charge is 0.329 e. The van der Waals surface area contributed by atoms with E-state index in [2.05, 4.69) is 60.3 Å². The topological polar surface area (TPSA) is 42.1 Å². The molecule has 112 valence electrons. The van der Waals surface area contributed by atoms with Crippen molar-refractivity contribution in [2.75, 3.05) is 20.1 Å². The zero-order valence-corrected chi connectivity index (χ0v) is 13.0. The molecule has 0 radical (unpaired) electrons. The Morgan fingerprint density at radius 3 is 2.29 bits per heavy atom. The maximum atomic E-state index is 5.99. The van der Waals surface area contributed by atoms with Crippen molar-refractivity contribution in [1.29, 1.82) is 0 Å². The van der Waals surface area contributed by atoms with E-state index in [4.69, 9.17) is 5.73 Å². The van der Waals surface area contributed by atoms with Crippen LogP contribution in [0, 0.1) is 0 Å². The molecule has 0 aliphatic heterocycles. The summed E-state index contributed by atoms with van der Waals surface area (Å²) in [7, 11) is 2.15. The van der Waals surface area contributed by atoms with E-state index >= 15 is 0 Å². The van der Waals surface area contributed by atoms with Crippen LogP contribution in [-0.2, 0) is 12.8 Å². The van der Waals surface area contributed by atoms with Gasteiger partial charge in [0.1, 0.15) is 0 Å². The quantitative estimate of drug-likeness (QED) is 0.849. The summed E-state index contributed by atoms with van der Waals surface area (Å²) >= 11 is 0. The molecule has 0 aliphatic rings. The predicted molar refractivity (Wildman–Crippen MR) is 88.2 cm³/mol. The van der Waals surface area contributed by atoms with E-state index in [-0.39, 0.29) is 6.04 Å². The Bertz CT molecular complexity index is 522. The molecule has 3 heteroatoms. The molecule has 1 atom stereocenters. The summed E-state index contributed by atoms with van der Waals surface area (Å²) in [6.07, 6.45) is 5.78. The highest BCUT2D eigenvalue weighted by atomic mass is 15.1. The summed E-state index contributed by atoms with van der Waals surface area (Å²) in [6, 6.07) is 13.2. The van der Waals surface area contributed by atoms with E-state index in [1.807, 2.05) is 12.4 Å². The second kappa shape index (κ2) is 7.91. The number of aromatic nitrogens is 1. The first-order chi connectivity index (χ1) is 10.2. The van der Waals surface area contributed by atoms with E-state index in [1.54, 1.807) is 0 Å². The van der Waals surface area contributed by atoms with Crippen LogP contribution in [0.4, 0.5) is 0 Å². The molecule has 1 aromatic carbocycles. The monoisotopic (exact) mass is 283 g/mol. The van der Waals surface area contributed by atoms with Gasteiger partial charge in [-0.1, -0.05) is 31.2 Å². The SMILES string of the molecule is CCc1ccc(C(CN)N(C)CCc2ccncc2)cc1. The first-order valence-corrected chi connectivity index (χ1v) is 7.62. The number of nitrogens with two attached hydrogens (primary N) is 1. The van der Waals surface area contributed by atoms with Gasteiger partial charge in [-0.15, -0.1) is 0 Å². The number of pyridine rings is 1. The van der Waals surface area contributed by atoms with Crippen molar-refractivity contribution < 1.29 is 0 Å². The fraction of sp³-hybridized carbons (Fsp3) is 0.389. The molecule has 1 heterocycles. The van der Waals surface area contributed by atoms with Gasteiger partial charge >= 0.3 is 0 Å². The van der Waals surface area contributed by atoms with Crippen LogP contribution in [0.25, 0.3) is 0 Å². The lowest BCUT2D eigenvalue weighted by molar-refractivity contribution is 0.253. The maximum absolute atomic E-state index is 5.99. The Labute approximate surface area is 127 Å². The third kappa shape index (κ3) is 4.38. The highest BCUT2D eigenvalue weighted by Crippen LogP contribution is 2.19. The highest BCUT2D eigenvalue weighted by Gasteiger charge is 2.15. The van der Waals surface area contributed by atoms with Gasteiger partial charge in [-0.3, -0.25) is 9.88 Å². The van der Waals surface area contributed by atoms with Crippen LogP contribution in [0.2, 0.25) is 0 Å². The Morgan fingerprint density at radius 1 is 1.05 bits per heavy atom. The Balaban J connectivity index is 1.98. The van der Waals surface area contributed by atoms with Gasteiger partial charge in [0.15, 0.2) is 0 Å². The average Bonchev–Trinajstić information content (AvgIpc) is 2.55. The lowest BCUT2D eigenvalue weighted by atomic mass is 10.0. The number of benzene rings is 1. The van der Waals surface area contributed by atoms with Crippen LogP contribution in [0.15, 0.2) is 48.8 Å². The average molecular weight is 283 g/mol. The van der Waals surface area contributed by atoms with Gasteiger partial charge in [0.25, 0.3) is 0 Å². The van der Waals surface area contributed by atoms with Gasteiger partial charge < -0.3 is 5.73 Å². The molecule has 2 aromatic rings. The zero-order chi connectivity index (χ0) is 15.1. The van der Waals surface area contributed by atoms with Crippen molar-refractivity contribution in [2.45, 2.75) is 25.8 Å². The number of nitrogens with zero attached hydrogens (tertiary/aromatic N) is 2. The standard InChI is InChI=1S/C18H25N3/c1-3-15-4-6-17(7-5-15)18(14-19)21(2)13-10-16-8-11-20-12-9-16/h4-9,11-12,18H,3,10,13-14,19H2,1-2H3. The Hall–Kier alpha value is -1.71. The second-order valence-corrected chi connectivity index (χ2v) is 5.43. The third-order valence-electron chi connectivity index (χ3n) is 4.03. The molecular formula is C18H25N3. The van der Waals surface area contributed by atoms with Crippen molar-refractivity contribution in [3.8, 4) is 0 Å². The van der Waals surface area contributed by atoms with Gasteiger partial charge in [0, 0.05) is 31.5 Å². The van der Waals surface area contributed by atoms with Crippen molar-refractivity contribution in [2.24, 2.45) is 5.73 Å². The molecule has 0 spiro atoms. The Kier molecular flexibility index (Phi) is 5.90. The molecule has 0 fully saturated rings. The van der Waals surface area contributed by atoms with Gasteiger partial charge in [0.2, 0.25) is 0 Å². The minimum atomic E-state index is 0.276. The van der Waals surface area contributed by atoms with Crippen molar-refractivity contribution in [1.82, 2.24) is 9.88 Å². The van der Waals surface area contributed by atoms with Crippen molar-refractivity contribution >= 4 is 0 Å². The molecule has 3 nitrogen and oxygen atoms in total. The summed E-state index contributed by atoms with van der Waals surface area (Å²) in [4.78, 5) is 6.39. The van der Waals surface area contributed by atoms with E-state index < -0.39 is 0 Å². The van der Waals surface area contributed by atoms with Crippen molar-refractivity contribution in [3.05, 3.63) is 65.5 Å². The molecule has 21 heavy (non-hydrogen) atoms. The number of aryl methyl sites for hydroxylation is 1. The maximum Gasteiger partial charge on any atom is 0.0467 e. The normalized spacial score (nSPS) is 12.6. The molecule has 1 unspecified atom stereocenters. The summed E-state index contributed by atoms with van der Waals surface area (Å²) in [5.74, 6) is 0. The molecule has 0 saturated heterocycles. The number of hydrogen-bond donors (Lipinski definition) is 1. The fourth-order valence-electron chi connectivity index (χ4n) is 2.56. The second-order valence-electron chi connectivity index (χ2n) is 5.43.